The van der Waals surface area contributed by atoms with Crippen LogP contribution in [0, 0.1) is 17.1 Å². The van der Waals surface area contributed by atoms with E-state index < -0.39 is 0 Å². The lowest BCUT2D eigenvalue weighted by atomic mass is 9.90. The molecule has 0 aliphatic heterocycles. The minimum Gasteiger partial charge on any atom is -0.207 e. The molecule has 1 aromatic carbocycles. The number of hydrogen-bond acceptors (Lipinski definition) is 1. The summed E-state index contributed by atoms with van der Waals surface area (Å²) in [6, 6.07) is 5.47. The van der Waals surface area contributed by atoms with Gasteiger partial charge in [0, 0.05) is 5.56 Å². The first-order valence-electron chi connectivity index (χ1n) is 4.98. The van der Waals surface area contributed by atoms with Crippen molar-refractivity contribution in [1.82, 2.24) is 0 Å². The van der Waals surface area contributed by atoms with Gasteiger partial charge in [0.05, 0.1) is 12.5 Å². The Bertz CT molecular complexity index is 390. The monoisotopic (exact) mass is 189 g/mol. The lowest BCUT2D eigenvalue weighted by molar-refractivity contribution is 0.602. The van der Waals surface area contributed by atoms with Crippen LogP contribution in [-0.4, -0.2) is 0 Å². The summed E-state index contributed by atoms with van der Waals surface area (Å²) in [7, 11) is 0. The Balaban J connectivity index is 2.41. The van der Waals surface area contributed by atoms with Crippen molar-refractivity contribution in [3.63, 3.8) is 0 Å². The smallest absolute Gasteiger partial charge is 0.127 e. The summed E-state index contributed by atoms with van der Waals surface area (Å²) < 4.78 is 13.4. The van der Waals surface area contributed by atoms with E-state index in [0.29, 0.717) is 5.56 Å². The van der Waals surface area contributed by atoms with Gasteiger partial charge in [-0.05, 0) is 42.9 Å². The number of rotatable bonds is 1. The maximum Gasteiger partial charge on any atom is 0.127 e. The van der Waals surface area contributed by atoms with E-state index in [2.05, 4.69) is 0 Å². The van der Waals surface area contributed by atoms with Gasteiger partial charge in [0.1, 0.15) is 5.82 Å². The number of halogens is 1. The largest absolute Gasteiger partial charge is 0.207 e. The van der Waals surface area contributed by atoms with Crippen LogP contribution in [0.3, 0.4) is 0 Å². The van der Waals surface area contributed by atoms with Crippen LogP contribution < -0.4 is 0 Å². The first-order valence-corrected chi connectivity index (χ1v) is 4.98. The Labute approximate surface area is 83.2 Å². The second-order valence-electron chi connectivity index (χ2n) is 3.75. The van der Waals surface area contributed by atoms with Gasteiger partial charge in [0.2, 0.25) is 0 Å². The van der Waals surface area contributed by atoms with E-state index in [0.717, 1.165) is 24.8 Å². The van der Waals surface area contributed by atoms with Crippen molar-refractivity contribution in [2.45, 2.75) is 32.1 Å². The van der Waals surface area contributed by atoms with Crippen molar-refractivity contribution in [1.29, 1.82) is 5.26 Å². The van der Waals surface area contributed by atoms with Crippen LogP contribution in [-0.2, 0) is 19.3 Å². The van der Waals surface area contributed by atoms with Crippen molar-refractivity contribution in [3.05, 3.63) is 34.6 Å². The molecule has 0 spiro atoms. The summed E-state index contributed by atoms with van der Waals surface area (Å²) in [5.74, 6) is -0.216. The Hall–Kier alpha value is -1.36. The molecule has 0 radical (unpaired) electrons. The van der Waals surface area contributed by atoms with E-state index in [1.165, 1.54) is 12.0 Å². The fourth-order valence-corrected chi connectivity index (χ4v) is 2.03. The van der Waals surface area contributed by atoms with Crippen molar-refractivity contribution < 1.29 is 4.39 Å². The molecule has 0 saturated heterocycles. The highest BCUT2D eigenvalue weighted by Gasteiger charge is 2.12. The number of hydrogen-bond donors (Lipinski definition) is 0. The summed E-state index contributed by atoms with van der Waals surface area (Å²) >= 11 is 0. The van der Waals surface area contributed by atoms with Crippen molar-refractivity contribution >= 4 is 0 Å². The Morgan fingerprint density at radius 3 is 2.50 bits per heavy atom. The minimum absolute atomic E-state index is 0.180. The quantitative estimate of drug-likeness (QED) is 0.666. The number of fused-ring (bicyclic) bond motifs is 1. The number of benzene rings is 1. The molecule has 0 amide bonds. The van der Waals surface area contributed by atoms with Gasteiger partial charge in [0.25, 0.3) is 0 Å². The summed E-state index contributed by atoms with van der Waals surface area (Å²) in [5.41, 5.74) is 2.92. The molecule has 0 heterocycles. The van der Waals surface area contributed by atoms with Crippen LogP contribution in [0.15, 0.2) is 12.1 Å². The lowest BCUT2D eigenvalue weighted by Gasteiger charge is -2.16. The molecule has 0 bridgehead atoms. The van der Waals surface area contributed by atoms with Crippen LogP contribution in [0.1, 0.15) is 29.5 Å². The summed E-state index contributed by atoms with van der Waals surface area (Å²) in [5, 5.41) is 8.53. The van der Waals surface area contributed by atoms with Crippen molar-refractivity contribution in [2.75, 3.05) is 0 Å². The topological polar surface area (TPSA) is 23.8 Å². The van der Waals surface area contributed by atoms with E-state index in [-0.39, 0.29) is 12.2 Å². The number of nitriles is 1. The van der Waals surface area contributed by atoms with Crippen molar-refractivity contribution in [2.24, 2.45) is 0 Å². The molecule has 1 nitrogen and oxygen atoms in total. The third-order valence-corrected chi connectivity index (χ3v) is 2.78. The average molecular weight is 189 g/mol. The highest BCUT2D eigenvalue weighted by Crippen LogP contribution is 2.24. The highest BCUT2D eigenvalue weighted by atomic mass is 19.1. The van der Waals surface area contributed by atoms with E-state index in [1.54, 1.807) is 6.07 Å². The predicted molar refractivity (Wildman–Crippen MR) is 52.4 cm³/mol. The van der Waals surface area contributed by atoms with Gasteiger partial charge >= 0.3 is 0 Å². The average Bonchev–Trinajstić information content (AvgIpc) is 2.19. The molecule has 0 saturated carbocycles. The van der Waals surface area contributed by atoms with E-state index in [4.69, 9.17) is 5.26 Å². The number of aryl methyl sites for hydroxylation is 2. The van der Waals surface area contributed by atoms with Crippen molar-refractivity contribution in [3.8, 4) is 6.07 Å². The first kappa shape index (κ1) is 9.21. The van der Waals surface area contributed by atoms with Gasteiger partial charge in [-0.15, -0.1) is 0 Å². The zero-order valence-electron chi connectivity index (χ0n) is 8.02. The van der Waals surface area contributed by atoms with Gasteiger partial charge in [0.15, 0.2) is 0 Å². The molecule has 0 unspecified atom stereocenters. The molecule has 0 atom stereocenters. The molecule has 0 fully saturated rings. The van der Waals surface area contributed by atoms with E-state index in [9.17, 15) is 4.39 Å². The van der Waals surface area contributed by atoms with Gasteiger partial charge in [-0.25, -0.2) is 4.39 Å². The maximum atomic E-state index is 13.4. The molecule has 0 N–H and O–H groups in total. The van der Waals surface area contributed by atoms with Gasteiger partial charge in [-0.1, -0.05) is 6.07 Å². The maximum absolute atomic E-state index is 13.4. The van der Waals surface area contributed by atoms with E-state index in [1.807, 2.05) is 12.1 Å². The molecule has 72 valence electrons. The molecular formula is C12H12FN. The SMILES string of the molecule is N#CCc1cc2c(cc1F)CCCC2. The Morgan fingerprint density at radius 1 is 1.21 bits per heavy atom. The second kappa shape index (κ2) is 3.79. The third kappa shape index (κ3) is 1.63. The fourth-order valence-electron chi connectivity index (χ4n) is 2.03. The number of nitrogens with zero attached hydrogens (tertiary/aromatic N) is 1. The van der Waals surface area contributed by atoms with Crippen LogP contribution >= 0.6 is 0 Å². The predicted octanol–water partition coefficient (Wildman–Crippen LogP) is 2.77. The zero-order valence-corrected chi connectivity index (χ0v) is 8.02. The lowest BCUT2D eigenvalue weighted by Crippen LogP contribution is -2.05. The minimum atomic E-state index is -0.216. The molecule has 1 aliphatic carbocycles. The molecule has 2 rings (SSSR count). The molecule has 1 aromatic rings. The van der Waals surface area contributed by atoms with Crippen LogP contribution in [0.2, 0.25) is 0 Å². The zero-order chi connectivity index (χ0) is 9.97. The van der Waals surface area contributed by atoms with Crippen LogP contribution in [0.25, 0.3) is 0 Å². The fraction of sp³-hybridized carbons (Fsp3) is 0.417. The standard InChI is InChI=1S/C12H12FN/c13-12-8-10-4-2-1-3-9(10)7-11(12)5-6-14/h7-8H,1-5H2. The van der Waals surface area contributed by atoms with Gasteiger partial charge in [-0.2, -0.15) is 5.26 Å². The molecule has 2 heteroatoms. The molecular weight excluding hydrogens is 177 g/mol. The molecule has 1 aliphatic rings. The first-order chi connectivity index (χ1) is 6.81. The highest BCUT2D eigenvalue weighted by molar-refractivity contribution is 5.35. The second-order valence-corrected chi connectivity index (χ2v) is 3.75. The molecule has 0 aromatic heterocycles. The van der Waals surface area contributed by atoms with E-state index >= 15 is 0 Å². The summed E-state index contributed by atoms with van der Waals surface area (Å²) in [4.78, 5) is 0. The Kier molecular flexibility index (Phi) is 2.49. The summed E-state index contributed by atoms with van der Waals surface area (Å²) in [6.07, 6.45) is 4.54. The van der Waals surface area contributed by atoms with Crippen LogP contribution in [0.5, 0.6) is 0 Å². The molecule has 14 heavy (non-hydrogen) atoms. The summed E-state index contributed by atoms with van der Waals surface area (Å²) in [6.45, 7) is 0. The van der Waals surface area contributed by atoms with Crippen LogP contribution in [0.4, 0.5) is 4.39 Å². The van der Waals surface area contributed by atoms with Gasteiger partial charge in [-0.3, -0.25) is 0 Å². The van der Waals surface area contributed by atoms with Gasteiger partial charge < -0.3 is 0 Å². The third-order valence-electron chi connectivity index (χ3n) is 2.78. The normalized spacial score (nSPS) is 14.6. The Morgan fingerprint density at radius 2 is 1.86 bits per heavy atom.